The highest BCUT2D eigenvalue weighted by Gasteiger charge is 2.28. The van der Waals surface area contributed by atoms with Crippen molar-refractivity contribution in [3.63, 3.8) is 0 Å². The van der Waals surface area contributed by atoms with E-state index in [2.05, 4.69) is 15.2 Å². The number of hydrogen-bond acceptors (Lipinski definition) is 6. The molecule has 0 spiro atoms. The van der Waals surface area contributed by atoms with E-state index in [1.165, 1.54) is 0 Å². The van der Waals surface area contributed by atoms with Crippen molar-refractivity contribution in [2.24, 2.45) is 5.92 Å². The van der Waals surface area contributed by atoms with Crippen molar-refractivity contribution < 1.29 is 14.3 Å². The lowest BCUT2D eigenvalue weighted by Gasteiger charge is -2.33. The molecular weight excluding hydrogens is 466 g/mol. The molecule has 2 aromatic carbocycles. The molecule has 1 atom stereocenters. The lowest BCUT2D eigenvalue weighted by molar-refractivity contribution is -0.125. The normalized spacial score (nSPS) is 17.1. The largest absolute Gasteiger partial charge is 0.454 e. The Morgan fingerprint density at radius 3 is 2.94 bits per heavy atom. The smallest absolute Gasteiger partial charge is 0.231 e. The van der Waals surface area contributed by atoms with E-state index in [1.807, 2.05) is 59.2 Å². The molecule has 1 fully saturated rings. The number of amides is 1. The Morgan fingerprint density at radius 1 is 1.14 bits per heavy atom. The van der Waals surface area contributed by atoms with Gasteiger partial charge in [-0.05, 0) is 42.7 Å². The van der Waals surface area contributed by atoms with E-state index in [-0.39, 0.29) is 18.6 Å². The van der Waals surface area contributed by atoms with Gasteiger partial charge in [0.15, 0.2) is 17.3 Å². The molecule has 0 saturated carbocycles. The van der Waals surface area contributed by atoms with Crippen LogP contribution < -0.4 is 19.7 Å². The van der Waals surface area contributed by atoms with Gasteiger partial charge in [0.25, 0.3) is 0 Å². The number of halogens is 1. The fraction of sp³-hybridized carbons (Fsp3) is 0.269. The lowest BCUT2D eigenvalue weighted by atomic mass is 9.97. The van der Waals surface area contributed by atoms with Crippen molar-refractivity contribution in [2.45, 2.75) is 19.4 Å². The summed E-state index contributed by atoms with van der Waals surface area (Å²) in [4.78, 5) is 19.9. The number of fused-ring (bicyclic) bond motifs is 2. The number of aromatic nitrogens is 3. The molecule has 1 amide bonds. The fourth-order valence-corrected chi connectivity index (χ4v) is 4.95. The minimum absolute atomic E-state index is 0.0459. The van der Waals surface area contributed by atoms with E-state index in [9.17, 15) is 4.79 Å². The van der Waals surface area contributed by atoms with Crippen LogP contribution in [0.15, 0.2) is 60.9 Å². The molecule has 1 N–H and O–H groups in total. The minimum atomic E-state index is -0.120. The zero-order chi connectivity index (χ0) is 23.8. The number of carbonyl (C=O) groups is 1. The maximum atomic E-state index is 13.0. The summed E-state index contributed by atoms with van der Waals surface area (Å²) in [7, 11) is 0. The molecule has 2 aliphatic heterocycles. The molecule has 0 unspecified atom stereocenters. The topological polar surface area (TPSA) is 81.0 Å². The number of benzene rings is 2. The molecule has 0 bridgehead atoms. The van der Waals surface area contributed by atoms with E-state index >= 15 is 0 Å². The number of carbonyl (C=O) groups excluding carboxylic acids is 1. The van der Waals surface area contributed by atoms with E-state index < -0.39 is 0 Å². The number of anilines is 1. The number of ether oxygens (including phenoxy) is 2. The van der Waals surface area contributed by atoms with Crippen LogP contribution in [-0.4, -0.2) is 40.4 Å². The van der Waals surface area contributed by atoms with Crippen molar-refractivity contribution in [2.75, 3.05) is 24.8 Å². The third-order valence-electron chi connectivity index (χ3n) is 6.51. The Bertz CT molecular complexity index is 1410. The monoisotopic (exact) mass is 489 g/mol. The summed E-state index contributed by atoms with van der Waals surface area (Å²) in [5, 5.41) is 8.45. The third kappa shape index (κ3) is 4.25. The number of hydrogen-bond donors (Lipinski definition) is 1. The molecule has 6 rings (SSSR count). The molecule has 4 heterocycles. The average molecular weight is 490 g/mol. The molecule has 178 valence electrons. The first-order valence-electron chi connectivity index (χ1n) is 11.7. The summed E-state index contributed by atoms with van der Waals surface area (Å²) in [6, 6.07) is 15.4. The molecule has 9 heteroatoms. The van der Waals surface area contributed by atoms with Gasteiger partial charge >= 0.3 is 0 Å². The summed E-state index contributed by atoms with van der Waals surface area (Å²) < 4.78 is 12.6. The predicted octanol–water partition coefficient (Wildman–Crippen LogP) is 4.31. The summed E-state index contributed by atoms with van der Waals surface area (Å²) in [5.74, 6) is 2.21. The van der Waals surface area contributed by atoms with Crippen LogP contribution in [0.5, 0.6) is 11.5 Å². The number of nitrogens with zero attached hydrogens (tertiary/aromatic N) is 4. The van der Waals surface area contributed by atoms with Gasteiger partial charge in [-0.15, -0.1) is 0 Å². The Hall–Kier alpha value is -3.78. The van der Waals surface area contributed by atoms with Gasteiger partial charge in [0, 0.05) is 37.6 Å². The number of nitrogens with one attached hydrogen (secondary N) is 1. The maximum Gasteiger partial charge on any atom is 0.231 e. The second-order valence-corrected chi connectivity index (χ2v) is 9.19. The van der Waals surface area contributed by atoms with Crippen LogP contribution in [0.3, 0.4) is 0 Å². The third-order valence-corrected chi connectivity index (χ3v) is 6.84. The van der Waals surface area contributed by atoms with E-state index in [0.29, 0.717) is 18.1 Å². The Kier molecular flexibility index (Phi) is 5.66. The van der Waals surface area contributed by atoms with Crippen molar-refractivity contribution in [3.8, 4) is 22.8 Å². The van der Waals surface area contributed by atoms with Crippen molar-refractivity contribution in [1.82, 2.24) is 19.9 Å². The van der Waals surface area contributed by atoms with Gasteiger partial charge < -0.3 is 19.7 Å². The molecular formula is C26H24ClN5O3. The van der Waals surface area contributed by atoms with Gasteiger partial charge in [-0.3, -0.25) is 4.79 Å². The second kappa shape index (κ2) is 9.11. The van der Waals surface area contributed by atoms with Gasteiger partial charge in [0.2, 0.25) is 12.7 Å². The number of piperidine rings is 1. The van der Waals surface area contributed by atoms with Gasteiger partial charge in [-0.25, -0.2) is 9.50 Å². The van der Waals surface area contributed by atoms with Crippen molar-refractivity contribution in [1.29, 1.82) is 0 Å². The van der Waals surface area contributed by atoms with Crippen LogP contribution in [0.4, 0.5) is 5.82 Å². The Balaban J connectivity index is 1.18. The molecule has 2 aliphatic rings. The second-order valence-electron chi connectivity index (χ2n) is 8.78. The lowest BCUT2D eigenvalue weighted by Crippen LogP contribution is -2.43. The first-order valence-corrected chi connectivity index (χ1v) is 12.0. The Morgan fingerprint density at radius 2 is 2.03 bits per heavy atom. The van der Waals surface area contributed by atoms with E-state index in [0.717, 1.165) is 59.0 Å². The Labute approximate surface area is 207 Å². The fourth-order valence-electron chi connectivity index (χ4n) is 4.72. The molecule has 8 nitrogen and oxygen atoms in total. The molecule has 0 radical (unpaired) electrons. The van der Waals surface area contributed by atoms with Gasteiger partial charge in [-0.1, -0.05) is 35.9 Å². The van der Waals surface area contributed by atoms with E-state index in [4.69, 9.17) is 26.2 Å². The van der Waals surface area contributed by atoms with Gasteiger partial charge in [-0.2, -0.15) is 5.10 Å². The molecule has 0 aliphatic carbocycles. The van der Waals surface area contributed by atoms with Crippen LogP contribution in [0, 0.1) is 5.92 Å². The van der Waals surface area contributed by atoms with Crippen LogP contribution in [0.1, 0.15) is 18.4 Å². The van der Waals surface area contributed by atoms with Crippen molar-refractivity contribution >= 4 is 28.8 Å². The zero-order valence-electron chi connectivity index (χ0n) is 19.0. The van der Waals surface area contributed by atoms with Crippen LogP contribution >= 0.6 is 11.6 Å². The highest BCUT2D eigenvalue weighted by molar-refractivity contribution is 6.33. The summed E-state index contributed by atoms with van der Waals surface area (Å²) in [6.07, 6.45) is 5.33. The number of rotatable bonds is 5. The van der Waals surface area contributed by atoms with Crippen LogP contribution in [-0.2, 0) is 11.3 Å². The molecule has 1 saturated heterocycles. The van der Waals surface area contributed by atoms with Crippen LogP contribution in [0.2, 0.25) is 5.02 Å². The predicted molar refractivity (Wildman–Crippen MR) is 133 cm³/mol. The quantitative estimate of drug-likeness (QED) is 0.450. The standard InChI is InChI=1S/C26H24ClN5O3/c27-20-6-2-1-5-19(20)21-13-22-25(28-9-11-32(22)30-21)31-10-3-4-18(15-31)26(33)29-14-17-7-8-23-24(12-17)35-16-34-23/h1-2,5-9,11-13,18H,3-4,10,14-16H2,(H,29,33)/t18-/m0/s1. The highest BCUT2D eigenvalue weighted by atomic mass is 35.5. The zero-order valence-corrected chi connectivity index (χ0v) is 19.7. The highest BCUT2D eigenvalue weighted by Crippen LogP contribution is 2.33. The summed E-state index contributed by atoms with van der Waals surface area (Å²) in [5.41, 5.74) is 3.54. The summed E-state index contributed by atoms with van der Waals surface area (Å²) >= 11 is 6.40. The van der Waals surface area contributed by atoms with Crippen molar-refractivity contribution in [3.05, 3.63) is 71.5 Å². The minimum Gasteiger partial charge on any atom is -0.454 e. The molecule has 2 aromatic heterocycles. The SMILES string of the molecule is O=C(NCc1ccc2c(c1)OCO2)[C@H]1CCCN(c2nccn3nc(-c4ccccc4Cl)cc23)C1. The maximum absolute atomic E-state index is 13.0. The first-order chi connectivity index (χ1) is 17.2. The van der Waals surface area contributed by atoms with E-state index in [1.54, 1.807) is 6.20 Å². The summed E-state index contributed by atoms with van der Waals surface area (Å²) in [6.45, 7) is 2.13. The van der Waals surface area contributed by atoms with Crippen LogP contribution in [0.25, 0.3) is 16.8 Å². The molecule has 35 heavy (non-hydrogen) atoms. The van der Waals surface area contributed by atoms with Gasteiger partial charge in [0.05, 0.1) is 16.6 Å². The molecule has 4 aromatic rings. The van der Waals surface area contributed by atoms with Gasteiger partial charge in [0.1, 0.15) is 5.52 Å². The average Bonchev–Trinajstić information content (AvgIpc) is 3.54. The first kappa shape index (κ1) is 21.7.